The Balaban J connectivity index is 1.30. The second-order valence-corrected chi connectivity index (χ2v) is 11.5. The summed E-state index contributed by atoms with van der Waals surface area (Å²) in [4.78, 5) is 33.1. The number of anilines is 1. The van der Waals surface area contributed by atoms with Crippen molar-refractivity contribution < 1.29 is 22.8 Å². The first-order chi connectivity index (χ1) is 21.0. The fourth-order valence-electron chi connectivity index (χ4n) is 5.81. The molecule has 2 bridgehead atoms. The molecule has 3 aromatic heterocycles. The quantitative estimate of drug-likeness (QED) is 0.326. The summed E-state index contributed by atoms with van der Waals surface area (Å²) in [5.74, 6) is -0.522. The van der Waals surface area contributed by atoms with Gasteiger partial charge >= 0.3 is 6.18 Å². The number of aromatic nitrogens is 6. The largest absolute Gasteiger partial charge is 0.436 e. The number of benzene rings is 1. The number of carbonyl (C=O) groups excluding carboxylic acids is 2. The van der Waals surface area contributed by atoms with Gasteiger partial charge in [0, 0.05) is 42.2 Å². The van der Waals surface area contributed by atoms with Gasteiger partial charge in [-0.3, -0.25) is 24.6 Å². The predicted octanol–water partition coefficient (Wildman–Crippen LogP) is 5.06. The van der Waals surface area contributed by atoms with Crippen LogP contribution < -0.4 is 10.6 Å². The maximum Gasteiger partial charge on any atom is 0.436 e. The molecule has 1 aromatic carbocycles. The molecule has 1 fully saturated rings. The van der Waals surface area contributed by atoms with E-state index in [9.17, 15) is 22.8 Å². The summed E-state index contributed by atoms with van der Waals surface area (Å²) in [7, 11) is 1.80. The molecule has 1 saturated heterocycles. The van der Waals surface area contributed by atoms with E-state index in [1.165, 1.54) is 0 Å². The minimum atomic E-state index is -4.65. The molecule has 6 rings (SSSR count). The van der Waals surface area contributed by atoms with Crippen molar-refractivity contribution >= 4 is 29.1 Å². The molecule has 0 aliphatic carbocycles. The fourth-order valence-corrected chi connectivity index (χ4v) is 5.99. The van der Waals surface area contributed by atoms with E-state index < -0.39 is 17.9 Å². The van der Waals surface area contributed by atoms with Crippen LogP contribution in [0.25, 0.3) is 16.9 Å². The van der Waals surface area contributed by atoms with Crippen molar-refractivity contribution in [3.8, 4) is 16.9 Å². The summed E-state index contributed by atoms with van der Waals surface area (Å²) in [5, 5.41) is 18.0. The zero-order chi connectivity index (χ0) is 31.2. The lowest BCUT2D eigenvalue weighted by molar-refractivity contribution is -0.141. The minimum absolute atomic E-state index is 0.0229. The molecule has 1 unspecified atom stereocenters. The monoisotopic (exact) mass is 627 g/mol. The van der Waals surface area contributed by atoms with Gasteiger partial charge in [0.25, 0.3) is 0 Å². The van der Waals surface area contributed by atoms with Gasteiger partial charge in [0.05, 0.1) is 47.9 Å². The van der Waals surface area contributed by atoms with Gasteiger partial charge in [-0.2, -0.15) is 18.3 Å². The molecule has 0 radical (unpaired) electrons. The number of hydrogen-bond donors (Lipinski definition) is 2. The molecular weight excluding hydrogens is 599 g/mol. The van der Waals surface area contributed by atoms with Gasteiger partial charge in [0.2, 0.25) is 11.8 Å². The highest BCUT2D eigenvalue weighted by molar-refractivity contribution is 6.30. The first-order valence-corrected chi connectivity index (χ1v) is 14.5. The summed E-state index contributed by atoms with van der Waals surface area (Å²) >= 11 is 6.28. The highest BCUT2D eigenvalue weighted by Gasteiger charge is 2.37. The Morgan fingerprint density at radius 1 is 1.11 bits per heavy atom. The van der Waals surface area contributed by atoms with Gasteiger partial charge in [-0.15, -0.1) is 5.10 Å². The van der Waals surface area contributed by atoms with Crippen LogP contribution in [0.5, 0.6) is 0 Å². The van der Waals surface area contributed by atoms with Crippen molar-refractivity contribution in [2.75, 3.05) is 12.0 Å². The first kappa shape index (κ1) is 29.8. The van der Waals surface area contributed by atoms with Crippen molar-refractivity contribution in [2.24, 2.45) is 13.0 Å². The van der Waals surface area contributed by atoms with Crippen molar-refractivity contribution in [2.45, 2.75) is 50.9 Å². The van der Waals surface area contributed by atoms with Gasteiger partial charge in [-0.25, -0.2) is 4.68 Å². The summed E-state index contributed by atoms with van der Waals surface area (Å²) in [6.07, 6.45) is 1.34. The number of amides is 2. The van der Waals surface area contributed by atoms with Crippen molar-refractivity contribution in [3.63, 3.8) is 0 Å². The zero-order valence-electron chi connectivity index (χ0n) is 23.8. The number of nitrogens with zero attached hydrogens (tertiary/aromatic N) is 7. The lowest BCUT2D eigenvalue weighted by atomic mass is 9.94. The molecule has 3 atom stereocenters. The molecule has 2 aliphatic rings. The third-order valence-electron chi connectivity index (χ3n) is 8.13. The summed E-state index contributed by atoms with van der Waals surface area (Å²) in [5.41, 5.74) is 2.56. The van der Waals surface area contributed by atoms with E-state index in [0.29, 0.717) is 46.9 Å². The van der Waals surface area contributed by atoms with E-state index in [1.807, 2.05) is 19.1 Å². The number of halogens is 4. The van der Waals surface area contributed by atoms with Crippen molar-refractivity contribution in [3.05, 3.63) is 70.9 Å². The van der Waals surface area contributed by atoms with E-state index in [-0.39, 0.29) is 36.9 Å². The zero-order valence-corrected chi connectivity index (χ0v) is 24.6. The highest BCUT2D eigenvalue weighted by Crippen LogP contribution is 2.37. The van der Waals surface area contributed by atoms with Gasteiger partial charge in [-0.1, -0.05) is 30.2 Å². The SMILES string of the molecule is C[C@@H]1CCC[C@H](N2CNC(c3cc(Cl)ccc3-n3cc(C(F)(F)F)nn3)CC2=O)c2cc(ccn2)-c2c(cnn2C)NC1=O. The molecule has 0 spiro atoms. The summed E-state index contributed by atoms with van der Waals surface area (Å²) in [6, 6.07) is 7.54. The number of nitrogens with one attached hydrogen (secondary N) is 2. The van der Waals surface area contributed by atoms with Crippen LogP contribution in [0, 0.1) is 5.92 Å². The van der Waals surface area contributed by atoms with Crippen molar-refractivity contribution in [1.29, 1.82) is 0 Å². The smallest absolute Gasteiger partial charge is 0.323 e. The van der Waals surface area contributed by atoms with Gasteiger partial charge in [0.1, 0.15) is 0 Å². The van der Waals surface area contributed by atoms with E-state index in [1.54, 1.807) is 47.2 Å². The number of pyridine rings is 1. The molecular formula is C29H29ClF3N9O2. The Morgan fingerprint density at radius 3 is 2.68 bits per heavy atom. The Kier molecular flexibility index (Phi) is 7.88. The number of alkyl halides is 3. The Bertz CT molecular complexity index is 1720. The van der Waals surface area contributed by atoms with Crippen LogP contribution in [0.2, 0.25) is 5.02 Å². The molecule has 2 amide bonds. The fraction of sp³-hybridized carbons (Fsp3) is 0.379. The van der Waals surface area contributed by atoms with Crippen LogP contribution in [0.15, 0.2) is 48.9 Å². The van der Waals surface area contributed by atoms with Gasteiger partial charge in [-0.05, 0) is 48.7 Å². The lowest BCUT2D eigenvalue weighted by Gasteiger charge is -2.39. The average Bonchev–Trinajstić information content (AvgIpc) is 3.62. The van der Waals surface area contributed by atoms with E-state index in [2.05, 4.69) is 31.0 Å². The third-order valence-corrected chi connectivity index (χ3v) is 8.37. The highest BCUT2D eigenvalue weighted by atomic mass is 35.5. The average molecular weight is 628 g/mol. The van der Waals surface area contributed by atoms with Crippen LogP contribution in [-0.2, 0) is 22.8 Å². The van der Waals surface area contributed by atoms with Gasteiger partial charge in [0.15, 0.2) is 5.69 Å². The minimum Gasteiger partial charge on any atom is -0.323 e. The topological polar surface area (TPSA) is 123 Å². The van der Waals surface area contributed by atoms with Crippen LogP contribution >= 0.6 is 11.6 Å². The second-order valence-electron chi connectivity index (χ2n) is 11.1. The lowest BCUT2D eigenvalue weighted by Crippen LogP contribution is -2.49. The maximum atomic E-state index is 13.8. The Hall–Kier alpha value is -4.30. The number of fused-ring (bicyclic) bond motifs is 4. The molecule has 0 saturated carbocycles. The van der Waals surface area contributed by atoms with E-state index in [4.69, 9.17) is 11.6 Å². The number of aryl methyl sites for hydroxylation is 1. The first-order valence-electron chi connectivity index (χ1n) is 14.1. The van der Waals surface area contributed by atoms with E-state index >= 15 is 0 Å². The normalized spacial score (nSPS) is 21.3. The second kappa shape index (κ2) is 11.7. The molecule has 2 N–H and O–H groups in total. The van der Waals surface area contributed by atoms with Crippen LogP contribution in [-0.4, -0.2) is 53.1 Å². The molecule has 230 valence electrons. The standard InChI is InChI=1S/C29H29ClF3N9O2/c1-16-4-3-5-24(21-10-17(8-9-34-21)27-22(37-28(16)44)13-36-40(27)2)41-15-35-20(12-26(41)43)19-11-18(30)6-7-23(19)42-14-25(38-39-42)29(31,32)33/h6-11,13-14,16,20,24,35H,3-5,12,15H2,1-2H3,(H,37,44)/t16-,20?,24+/m1/s1. The molecule has 2 aliphatic heterocycles. The van der Waals surface area contributed by atoms with Crippen molar-refractivity contribution in [1.82, 2.24) is 40.0 Å². The Labute approximate surface area is 255 Å². The molecule has 11 nitrogen and oxygen atoms in total. The summed E-state index contributed by atoms with van der Waals surface area (Å²) in [6.45, 7) is 2.03. The molecule has 15 heteroatoms. The maximum absolute atomic E-state index is 13.8. The van der Waals surface area contributed by atoms with Crippen LogP contribution in [0.4, 0.5) is 18.9 Å². The number of carbonyl (C=O) groups is 2. The van der Waals surface area contributed by atoms with Crippen LogP contribution in [0.3, 0.4) is 0 Å². The number of hydrogen-bond acceptors (Lipinski definition) is 7. The van der Waals surface area contributed by atoms with Gasteiger partial charge < -0.3 is 10.2 Å². The molecule has 4 aromatic rings. The molecule has 5 heterocycles. The third kappa shape index (κ3) is 5.78. The predicted molar refractivity (Wildman–Crippen MR) is 154 cm³/mol. The van der Waals surface area contributed by atoms with E-state index in [0.717, 1.165) is 22.1 Å². The van der Waals surface area contributed by atoms with Crippen LogP contribution in [0.1, 0.15) is 61.6 Å². The number of rotatable bonds is 3. The molecule has 44 heavy (non-hydrogen) atoms. The summed E-state index contributed by atoms with van der Waals surface area (Å²) < 4.78 is 42.4. The Morgan fingerprint density at radius 2 is 1.93 bits per heavy atom.